The first kappa shape index (κ1) is 17.2. The second kappa shape index (κ2) is 7.58. The molecule has 2 aromatic heterocycles. The van der Waals surface area contributed by atoms with Gasteiger partial charge in [0.1, 0.15) is 16.2 Å². The molecule has 6 heteroatoms. The zero-order valence-electron chi connectivity index (χ0n) is 12.9. The first-order valence-corrected chi connectivity index (χ1v) is 11.0. The van der Waals surface area contributed by atoms with Crippen molar-refractivity contribution in [3.63, 3.8) is 0 Å². The number of aromatic nitrogens is 2. The summed E-state index contributed by atoms with van der Waals surface area (Å²) >= 11 is 10.4. The first-order valence-electron chi connectivity index (χ1n) is 7.56. The monoisotopic (exact) mass is 490 g/mol. The van der Waals surface area contributed by atoms with Gasteiger partial charge < -0.3 is 0 Å². The van der Waals surface area contributed by atoms with Crippen LogP contribution < -0.4 is 0 Å². The molecular weight excluding hydrogens is 480 g/mol. The molecule has 4 aromatic rings. The van der Waals surface area contributed by atoms with Crippen molar-refractivity contribution in [2.24, 2.45) is 0 Å². The lowest BCUT2D eigenvalue weighted by Gasteiger charge is -2.06. The second-order valence-electron chi connectivity index (χ2n) is 5.43. The van der Waals surface area contributed by atoms with Crippen LogP contribution in [0.2, 0.25) is 0 Å². The van der Waals surface area contributed by atoms with Gasteiger partial charge in [-0.3, -0.25) is 0 Å². The molecule has 0 amide bonds. The summed E-state index contributed by atoms with van der Waals surface area (Å²) in [5, 5.41) is 4.36. The van der Waals surface area contributed by atoms with E-state index >= 15 is 0 Å². The summed E-state index contributed by atoms with van der Waals surface area (Å²) in [4.78, 5) is 10.0. The lowest BCUT2D eigenvalue weighted by atomic mass is 10.1. The molecular formula is C19H12Br2N2S2. The molecule has 0 aliphatic rings. The van der Waals surface area contributed by atoms with Gasteiger partial charge in [0.25, 0.3) is 0 Å². The molecule has 0 atom stereocenters. The van der Waals surface area contributed by atoms with Gasteiger partial charge in [0.2, 0.25) is 0 Å². The summed E-state index contributed by atoms with van der Waals surface area (Å²) in [6, 6.07) is 16.8. The minimum Gasteiger partial charge on any atom is -0.229 e. The molecule has 2 heterocycles. The number of nitrogens with zero attached hydrogens (tertiary/aromatic N) is 2. The van der Waals surface area contributed by atoms with E-state index in [1.54, 1.807) is 29.4 Å². The van der Waals surface area contributed by atoms with Crippen LogP contribution in [0.3, 0.4) is 0 Å². The number of hydrogen-bond donors (Lipinski definition) is 0. The normalized spacial score (nSPS) is 11.1. The number of halogens is 2. The molecule has 0 N–H and O–H groups in total. The average Bonchev–Trinajstić information content (AvgIpc) is 3.07. The molecule has 25 heavy (non-hydrogen) atoms. The number of rotatable bonds is 4. The highest BCUT2D eigenvalue weighted by atomic mass is 79.9. The molecule has 0 saturated heterocycles. The van der Waals surface area contributed by atoms with Gasteiger partial charge in [0.15, 0.2) is 0 Å². The molecule has 124 valence electrons. The van der Waals surface area contributed by atoms with E-state index in [1.807, 2.05) is 0 Å². The van der Waals surface area contributed by atoms with Gasteiger partial charge in [-0.1, -0.05) is 56.1 Å². The summed E-state index contributed by atoms with van der Waals surface area (Å²) in [5.41, 5.74) is 3.67. The van der Waals surface area contributed by atoms with Crippen molar-refractivity contribution in [1.82, 2.24) is 9.97 Å². The largest absolute Gasteiger partial charge is 0.229 e. The molecule has 0 fully saturated rings. The number of benzene rings is 2. The Bertz CT molecular complexity index is 1010. The van der Waals surface area contributed by atoms with Gasteiger partial charge in [-0.15, -0.1) is 23.1 Å². The molecule has 0 aliphatic carbocycles. The second-order valence-corrected chi connectivity index (χ2v) is 9.08. The Kier molecular flexibility index (Phi) is 5.22. The van der Waals surface area contributed by atoms with Crippen molar-refractivity contribution in [1.29, 1.82) is 0 Å². The van der Waals surface area contributed by atoms with Crippen molar-refractivity contribution in [3.05, 3.63) is 74.7 Å². The van der Waals surface area contributed by atoms with Gasteiger partial charge in [-0.05, 0) is 35.4 Å². The predicted molar refractivity (Wildman–Crippen MR) is 114 cm³/mol. The Morgan fingerprint density at radius 2 is 1.56 bits per heavy atom. The summed E-state index contributed by atoms with van der Waals surface area (Å²) in [7, 11) is 0. The Labute approximate surface area is 171 Å². The number of thiophene rings is 1. The lowest BCUT2D eigenvalue weighted by Crippen LogP contribution is -1.87. The maximum Gasteiger partial charge on any atom is 0.128 e. The summed E-state index contributed by atoms with van der Waals surface area (Å²) < 4.78 is 2.18. The van der Waals surface area contributed by atoms with Crippen LogP contribution in [0.4, 0.5) is 0 Å². The maximum absolute atomic E-state index is 4.56. The van der Waals surface area contributed by atoms with Crippen LogP contribution >= 0.6 is 55.0 Å². The zero-order valence-corrected chi connectivity index (χ0v) is 17.8. The van der Waals surface area contributed by atoms with E-state index < -0.39 is 0 Å². The molecule has 0 bridgehead atoms. The van der Waals surface area contributed by atoms with E-state index in [0.29, 0.717) is 0 Å². The zero-order chi connectivity index (χ0) is 17.2. The van der Waals surface area contributed by atoms with E-state index in [4.69, 9.17) is 0 Å². The molecule has 0 aliphatic heterocycles. The highest BCUT2D eigenvalue weighted by Gasteiger charge is 2.13. The molecule has 0 saturated carbocycles. The van der Waals surface area contributed by atoms with Crippen LogP contribution in [-0.4, -0.2) is 9.97 Å². The SMILES string of the molecule is Brc1ccc(CSc2ncnc3scc(-c4ccc(Br)cc4)c23)cc1. The van der Waals surface area contributed by atoms with E-state index in [1.165, 1.54) is 16.7 Å². The third-order valence-corrected chi connectivity index (χ3v) is 6.78. The molecule has 2 nitrogen and oxygen atoms in total. The van der Waals surface area contributed by atoms with Crippen LogP contribution in [0.5, 0.6) is 0 Å². The summed E-state index contributed by atoms with van der Waals surface area (Å²) in [6.07, 6.45) is 1.66. The summed E-state index contributed by atoms with van der Waals surface area (Å²) in [5.74, 6) is 0.884. The third kappa shape index (κ3) is 3.82. The number of fused-ring (bicyclic) bond motifs is 1. The Hall–Kier alpha value is -1.21. The van der Waals surface area contributed by atoms with Crippen molar-refractivity contribution in [3.8, 4) is 11.1 Å². The fourth-order valence-corrected chi connectivity index (χ4v) is 5.01. The van der Waals surface area contributed by atoms with Gasteiger partial charge in [0, 0.05) is 25.6 Å². The van der Waals surface area contributed by atoms with Crippen molar-refractivity contribution in [2.75, 3.05) is 0 Å². The molecule has 0 spiro atoms. The van der Waals surface area contributed by atoms with Crippen molar-refractivity contribution in [2.45, 2.75) is 10.8 Å². The average molecular weight is 492 g/mol. The van der Waals surface area contributed by atoms with Crippen LogP contribution in [0.15, 0.2) is 74.2 Å². The number of thioether (sulfide) groups is 1. The predicted octanol–water partition coefficient (Wildman–Crippen LogP) is 7.18. The van der Waals surface area contributed by atoms with E-state index in [-0.39, 0.29) is 0 Å². The van der Waals surface area contributed by atoms with Gasteiger partial charge in [-0.25, -0.2) is 9.97 Å². The van der Waals surface area contributed by atoms with E-state index in [9.17, 15) is 0 Å². The van der Waals surface area contributed by atoms with Crippen molar-refractivity contribution >= 4 is 65.2 Å². The molecule has 4 rings (SSSR count). The Balaban J connectivity index is 1.70. The molecule has 0 unspecified atom stereocenters. The molecule has 0 radical (unpaired) electrons. The topological polar surface area (TPSA) is 25.8 Å². The van der Waals surface area contributed by atoms with Crippen LogP contribution in [-0.2, 0) is 5.75 Å². The lowest BCUT2D eigenvalue weighted by molar-refractivity contribution is 1.11. The van der Waals surface area contributed by atoms with Gasteiger partial charge in [-0.2, -0.15) is 0 Å². The fraction of sp³-hybridized carbons (Fsp3) is 0.0526. The van der Waals surface area contributed by atoms with Gasteiger partial charge in [0.05, 0.1) is 5.39 Å². The minimum atomic E-state index is 0.884. The smallest absolute Gasteiger partial charge is 0.128 e. The minimum absolute atomic E-state index is 0.884. The van der Waals surface area contributed by atoms with Gasteiger partial charge >= 0.3 is 0 Å². The number of hydrogen-bond acceptors (Lipinski definition) is 4. The first-order chi connectivity index (χ1) is 12.2. The Morgan fingerprint density at radius 1 is 0.880 bits per heavy atom. The maximum atomic E-state index is 4.56. The van der Waals surface area contributed by atoms with Crippen molar-refractivity contribution < 1.29 is 0 Å². The van der Waals surface area contributed by atoms with E-state index in [0.717, 1.165) is 29.9 Å². The highest BCUT2D eigenvalue weighted by Crippen LogP contribution is 2.38. The molecule has 2 aromatic carbocycles. The quantitative estimate of drug-likeness (QED) is 0.223. The fourth-order valence-electron chi connectivity index (χ4n) is 2.53. The van der Waals surface area contributed by atoms with Crippen LogP contribution in [0, 0.1) is 0 Å². The van der Waals surface area contributed by atoms with E-state index in [2.05, 4.69) is 95.7 Å². The standard InChI is InChI=1S/C19H12Br2N2S2/c20-14-5-1-12(2-6-14)9-24-18-17-16(10-25-19(17)23-11-22-18)13-3-7-15(21)8-4-13/h1-8,10-11H,9H2. The van der Waals surface area contributed by atoms with Crippen LogP contribution in [0.1, 0.15) is 5.56 Å². The summed E-state index contributed by atoms with van der Waals surface area (Å²) in [6.45, 7) is 0. The van der Waals surface area contributed by atoms with Crippen LogP contribution in [0.25, 0.3) is 21.3 Å². The Morgan fingerprint density at radius 3 is 2.28 bits per heavy atom. The highest BCUT2D eigenvalue weighted by molar-refractivity contribution is 9.10. The third-order valence-electron chi connectivity index (χ3n) is 3.78.